The Kier molecular flexibility index (Phi) is 5.57. The highest BCUT2D eigenvalue weighted by Crippen LogP contribution is 2.01. The fourth-order valence-electron chi connectivity index (χ4n) is 1.33. The molecule has 0 saturated carbocycles. The molecule has 0 aliphatic heterocycles. The normalized spacial score (nSPS) is 11.4. The van der Waals surface area contributed by atoms with E-state index in [-0.39, 0.29) is 18.8 Å². The minimum atomic E-state index is -0.814. The second kappa shape index (κ2) is 7.21. The number of ether oxygens (including phenoxy) is 1. The Morgan fingerprint density at radius 1 is 1.33 bits per heavy atom. The zero-order valence-corrected chi connectivity index (χ0v) is 10.1. The summed E-state index contributed by atoms with van der Waals surface area (Å²) in [5.41, 5.74) is 0.849. The van der Waals surface area contributed by atoms with E-state index in [0.29, 0.717) is 6.29 Å². The van der Waals surface area contributed by atoms with Gasteiger partial charge in [0.25, 0.3) is 0 Å². The van der Waals surface area contributed by atoms with Crippen LogP contribution in [-0.2, 0) is 20.9 Å². The number of alkyl carbamates (subject to hydrolysis) is 1. The van der Waals surface area contributed by atoms with E-state index >= 15 is 0 Å². The van der Waals surface area contributed by atoms with Crippen LogP contribution in [0, 0.1) is 0 Å². The molecule has 0 aliphatic carbocycles. The second-order valence-corrected chi connectivity index (χ2v) is 3.77. The van der Waals surface area contributed by atoms with Gasteiger partial charge in [-0.15, -0.1) is 0 Å². The SMILES string of the molecule is CC(=O)C(CC=O)NC(=O)OCc1ccccc1. The fourth-order valence-corrected chi connectivity index (χ4v) is 1.33. The minimum absolute atomic E-state index is 0.0459. The molecule has 96 valence electrons. The minimum Gasteiger partial charge on any atom is -0.445 e. The van der Waals surface area contributed by atoms with Gasteiger partial charge >= 0.3 is 6.09 Å². The molecule has 0 bridgehead atoms. The molecule has 1 N–H and O–H groups in total. The molecule has 0 aliphatic rings. The monoisotopic (exact) mass is 249 g/mol. The predicted molar refractivity (Wildman–Crippen MR) is 64.9 cm³/mol. The number of hydrogen-bond donors (Lipinski definition) is 1. The van der Waals surface area contributed by atoms with Crippen LogP contribution in [0.2, 0.25) is 0 Å². The van der Waals surface area contributed by atoms with E-state index in [2.05, 4.69) is 5.32 Å². The fraction of sp³-hybridized carbons (Fsp3) is 0.308. The second-order valence-electron chi connectivity index (χ2n) is 3.77. The lowest BCUT2D eigenvalue weighted by Crippen LogP contribution is -2.40. The lowest BCUT2D eigenvalue weighted by molar-refractivity contribution is -0.121. The number of ketones is 1. The Bertz CT molecular complexity index is 416. The summed E-state index contributed by atoms with van der Waals surface area (Å²) in [5.74, 6) is -0.279. The van der Waals surface area contributed by atoms with Crippen molar-refractivity contribution in [3.63, 3.8) is 0 Å². The number of hydrogen-bond acceptors (Lipinski definition) is 4. The first-order chi connectivity index (χ1) is 8.63. The van der Waals surface area contributed by atoms with Crippen LogP contribution in [0.15, 0.2) is 30.3 Å². The van der Waals surface area contributed by atoms with Crippen LogP contribution in [0.1, 0.15) is 18.9 Å². The Balaban J connectivity index is 2.41. The van der Waals surface area contributed by atoms with Crippen LogP contribution < -0.4 is 5.32 Å². The van der Waals surface area contributed by atoms with E-state index < -0.39 is 12.1 Å². The van der Waals surface area contributed by atoms with Crippen molar-refractivity contribution in [1.82, 2.24) is 5.32 Å². The summed E-state index contributed by atoms with van der Waals surface area (Å²) in [6, 6.07) is 8.36. The van der Waals surface area contributed by atoms with Gasteiger partial charge in [-0.05, 0) is 12.5 Å². The highest BCUT2D eigenvalue weighted by molar-refractivity contribution is 5.87. The van der Waals surface area contributed by atoms with Gasteiger partial charge < -0.3 is 14.8 Å². The number of carbonyl (C=O) groups excluding carboxylic acids is 3. The number of rotatable bonds is 6. The molecule has 1 amide bonds. The summed E-state index contributed by atoms with van der Waals surface area (Å²) in [5, 5.41) is 2.35. The molecule has 18 heavy (non-hydrogen) atoms. The third-order valence-corrected chi connectivity index (χ3v) is 2.33. The largest absolute Gasteiger partial charge is 0.445 e. The Labute approximate surface area is 105 Å². The molecule has 0 fully saturated rings. The van der Waals surface area contributed by atoms with Crippen molar-refractivity contribution in [2.45, 2.75) is 26.0 Å². The number of nitrogens with one attached hydrogen (secondary N) is 1. The zero-order chi connectivity index (χ0) is 13.4. The lowest BCUT2D eigenvalue weighted by Gasteiger charge is -2.13. The molecule has 0 saturated heterocycles. The molecule has 1 unspecified atom stereocenters. The van der Waals surface area contributed by atoms with Gasteiger partial charge in [-0.25, -0.2) is 4.79 Å². The Morgan fingerprint density at radius 3 is 2.56 bits per heavy atom. The molecular weight excluding hydrogens is 234 g/mol. The lowest BCUT2D eigenvalue weighted by atomic mass is 10.1. The van der Waals surface area contributed by atoms with Crippen molar-refractivity contribution < 1.29 is 19.1 Å². The maximum Gasteiger partial charge on any atom is 0.408 e. The smallest absolute Gasteiger partial charge is 0.408 e. The first-order valence-corrected chi connectivity index (χ1v) is 5.54. The zero-order valence-electron chi connectivity index (χ0n) is 10.1. The van der Waals surface area contributed by atoms with E-state index in [1.807, 2.05) is 30.3 Å². The van der Waals surface area contributed by atoms with Crippen LogP contribution in [0.4, 0.5) is 4.79 Å². The number of amides is 1. The number of carbonyl (C=O) groups is 3. The third kappa shape index (κ3) is 4.78. The van der Waals surface area contributed by atoms with Crippen molar-refractivity contribution in [3.05, 3.63) is 35.9 Å². The summed E-state index contributed by atoms with van der Waals surface area (Å²) in [6.07, 6.45) is -0.167. The first-order valence-electron chi connectivity index (χ1n) is 5.54. The van der Waals surface area contributed by atoms with Gasteiger partial charge in [-0.1, -0.05) is 30.3 Å². The Hall–Kier alpha value is -2.17. The molecule has 1 aromatic rings. The van der Waals surface area contributed by atoms with Gasteiger partial charge in [-0.2, -0.15) is 0 Å². The van der Waals surface area contributed by atoms with Crippen LogP contribution in [0.3, 0.4) is 0 Å². The van der Waals surface area contributed by atoms with Crippen molar-refractivity contribution in [1.29, 1.82) is 0 Å². The molecule has 1 rings (SSSR count). The Morgan fingerprint density at radius 2 is 2.00 bits per heavy atom. The molecule has 5 nitrogen and oxygen atoms in total. The summed E-state index contributed by atoms with van der Waals surface area (Å²) < 4.78 is 4.94. The van der Waals surface area contributed by atoms with Crippen LogP contribution >= 0.6 is 0 Å². The summed E-state index contributed by atoms with van der Waals surface area (Å²) in [6.45, 7) is 1.43. The van der Waals surface area contributed by atoms with E-state index in [0.717, 1.165) is 5.56 Å². The number of benzene rings is 1. The third-order valence-electron chi connectivity index (χ3n) is 2.33. The number of Topliss-reactive ketones (excluding diaryl/α,β-unsaturated/α-hetero) is 1. The van der Waals surface area contributed by atoms with Crippen LogP contribution in [-0.4, -0.2) is 24.2 Å². The molecule has 5 heteroatoms. The van der Waals surface area contributed by atoms with Crippen molar-refractivity contribution in [2.75, 3.05) is 0 Å². The topological polar surface area (TPSA) is 72.5 Å². The van der Waals surface area contributed by atoms with E-state index in [1.54, 1.807) is 0 Å². The van der Waals surface area contributed by atoms with Crippen molar-refractivity contribution in [3.8, 4) is 0 Å². The molecular formula is C13H15NO4. The average molecular weight is 249 g/mol. The van der Waals surface area contributed by atoms with Gasteiger partial charge in [0.05, 0.1) is 6.04 Å². The highest BCUT2D eigenvalue weighted by Gasteiger charge is 2.16. The molecule has 0 aromatic heterocycles. The molecule has 0 spiro atoms. The van der Waals surface area contributed by atoms with E-state index in [1.165, 1.54) is 6.92 Å². The molecule has 0 radical (unpaired) electrons. The van der Waals surface area contributed by atoms with Gasteiger partial charge in [-0.3, -0.25) is 4.79 Å². The van der Waals surface area contributed by atoms with Crippen molar-refractivity contribution >= 4 is 18.2 Å². The highest BCUT2D eigenvalue weighted by atomic mass is 16.5. The van der Waals surface area contributed by atoms with Gasteiger partial charge in [0.2, 0.25) is 0 Å². The summed E-state index contributed by atoms with van der Waals surface area (Å²) in [7, 11) is 0. The molecule has 1 aromatic carbocycles. The van der Waals surface area contributed by atoms with Gasteiger partial charge in [0.15, 0.2) is 5.78 Å². The summed E-state index contributed by atoms with van der Waals surface area (Å²) in [4.78, 5) is 32.9. The molecule has 1 atom stereocenters. The van der Waals surface area contributed by atoms with E-state index in [4.69, 9.17) is 4.74 Å². The standard InChI is InChI=1S/C13H15NO4/c1-10(16)12(7-8-15)14-13(17)18-9-11-5-3-2-4-6-11/h2-6,8,12H,7,9H2,1H3,(H,14,17). The van der Waals surface area contributed by atoms with E-state index in [9.17, 15) is 14.4 Å². The maximum atomic E-state index is 11.4. The maximum absolute atomic E-state index is 11.4. The summed E-state index contributed by atoms with van der Waals surface area (Å²) >= 11 is 0. The van der Waals surface area contributed by atoms with Crippen molar-refractivity contribution in [2.24, 2.45) is 0 Å². The van der Waals surface area contributed by atoms with Crippen LogP contribution in [0.25, 0.3) is 0 Å². The predicted octanol–water partition coefficient (Wildman–Crippen LogP) is 1.46. The quantitative estimate of drug-likeness (QED) is 0.775. The van der Waals surface area contributed by atoms with Gasteiger partial charge in [0.1, 0.15) is 12.9 Å². The average Bonchev–Trinajstić information content (AvgIpc) is 2.37. The molecule has 0 heterocycles. The first kappa shape index (κ1) is 13.9. The number of aldehydes is 1. The van der Waals surface area contributed by atoms with Crippen LogP contribution in [0.5, 0.6) is 0 Å². The van der Waals surface area contributed by atoms with Gasteiger partial charge in [0, 0.05) is 6.42 Å².